The summed E-state index contributed by atoms with van der Waals surface area (Å²) in [4.78, 5) is 4.66. The van der Waals surface area contributed by atoms with E-state index < -0.39 is 0 Å². The van der Waals surface area contributed by atoms with Gasteiger partial charge in [0.25, 0.3) is 0 Å². The molecule has 0 radical (unpaired) electrons. The summed E-state index contributed by atoms with van der Waals surface area (Å²) in [5, 5.41) is 2.06. The van der Waals surface area contributed by atoms with Crippen molar-refractivity contribution in [2.45, 2.75) is 6.92 Å². The molecule has 0 aromatic carbocycles. The fourth-order valence-electron chi connectivity index (χ4n) is 1.78. The van der Waals surface area contributed by atoms with Crippen LogP contribution >= 0.6 is 12.2 Å². The fraction of sp³-hybridized carbons (Fsp3) is 0.455. The smallest absolute Gasteiger partial charge is 0.150 e. The number of rotatable bonds is 3. The van der Waals surface area contributed by atoms with Gasteiger partial charge in [0.1, 0.15) is 4.99 Å². The van der Waals surface area contributed by atoms with Crippen molar-refractivity contribution < 1.29 is 4.74 Å². The molecule has 1 fully saturated rings. The zero-order valence-electron chi connectivity index (χ0n) is 9.77. The average Bonchev–Trinajstić information content (AvgIpc) is 2.30. The highest BCUT2D eigenvalue weighted by molar-refractivity contribution is 7.80. The van der Waals surface area contributed by atoms with Gasteiger partial charge >= 0.3 is 0 Å². The van der Waals surface area contributed by atoms with Crippen molar-refractivity contribution in [1.82, 2.24) is 9.99 Å². The lowest BCUT2D eigenvalue weighted by atomic mass is 10.1. The predicted molar refractivity (Wildman–Crippen MR) is 70.9 cm³/mol. The van der Waals surface area contributed by atoms with Crippen molar-refractivity contribution in [3.63, 3.8) is 0 Å². The normalized spacial score (nSPS) is 16.8. The number of thiocarbonyl (C=S) groups is 1. The third-order valence-corrected chi connectivity index (χ3v) is 2.88. The van der Waals surface area contributed by atoms with E-state index in [2.05, 4.69) is 15.4 Å². The van der Waals surface area contributed by atoms with Gasteiger partial charge in [-0.05, 0) is 18.6 Å². The van der Waals surface area contributed by atoms with Crippen molar-refractivity contribution in [3.05, 3.63) is 23.4 Å². The number of nitrogens with one attached hydrogen (secondary N) is 1. The number of morpholine rings is 1. The Kier molecular flexibility index (Phi) is 3.88. The van der Waals surface area contributed by atoms with Crippen LogP contribution in [-0.2, 0) is 4.74 Å². The first kappa shape index (κ1) is 12.2. The second-order valence-electron chi connectivity index (χ2n) is 3.93. The van der Waals surface area contributed by atoms with Crippen LogP contribution < -0.4 is 11.2 Å². The molecule has 2 heterocycles. The number of nitrogens with two attached hydrogens (primary N) is 1. The minimum atomic E-state index is 0.367. The van der Waals surface area contributed by atoms with Crippen LogP contribution in [0.25, 0.3) is 0 Å². The molecule has 0 atom stereocenters. The summed E-state index contributed by atoms with van der Waals surface area (Å²) in [6, 6.07) is 1.90. The van der Waals surface area contributed by atoms with Crippen LogP contribution in [0.15, 0.2) is 12.3 Å². The second kappa shape index (κ2) is 5.39. The van der Waals surface area contributed by atoms with Crippen LogP contribution in [0.3, 0.4) is 0 Å². The first-order chi connectivity index (χ1) is 8.18. The maximum atomic E-state index is 5.73. The summed E-state index contributed by atoms with van der Waals surface area (Å²) in [6.07, 6.45) is 1.75. The molecule has 3 N–H and O–H groups in total. The Morgan fingerprint density at radius 3 is 2.88 bits per heavy atom. The van der Waals surface area contributed by atoms with Crippen LogP contribution in [0.5, 0.6) is 0 Å². The zero-order valence-corrected chi connectivity index (χ0v) is 10.6. The third-order valence-electron chi connectivity index (χ3n) is 2.68. The summed E-state index contributed by atoms with van der Waals surface area (Å²) < 4.78 is 5.29. The van der Waals surface area contributed by atoms with Gasteiger partial charge in [0.05, 0.1) is 18.8 Å². The molecule has 0 bridgehead atoms. The van der Waals surface area contributed by atoms with Crippen molar-refractivity contribution in [2.24, 2.45) is 5.73 Å². The van der Waals surface area contributed by atoms with E-state index in [1.165, 1.54) is 0 Å². The van der Waals surface area contributed by atoms with E-state index in [9.17, 15) is 0 Å². The molecule has 1 aromatic heterocycles. The number of anilines is 1. The molecule has 0 spiro atoms. The van der Waals surface area contributed by atoms with E-state index in [4.69, 9.17) is 22.7 Å². The minimum absolute atomic E-state index is 0.367. The van der Waals surface area contributed by atoms with Crippen molar-refractivity contribution >= 4 is 23.0 Å². The van der Waals surface area contributed by atoms with Crippen molar-refractivity contribution in [2.75, 3.05) is 31.7 Å². The van der Waals surface area contributed by atoms with Crippen molar-refractivity contribution in [1.29, 1.82) is 0 Å². The van der Waals surface area contributed by atoms with Gasteiger partial charge in [-0.25, -0.2) is 9.99 Å². The number of hydrogen-bond donors (Lipinski definition) is 2. The third kappa shape index (κ3) is 2.91. The van der Waals surface area contributed by atoms with Gasteiger partial charge in [-0.3, -0.25) is 0 Å². The fourth-order valence-corrected chi connectivity index (χ4v) is 2.04. The Balaban J connectivity index is 2.19. The molecule has 0 aliphatic carbocycles. The maximum Gasteiger partial charge on any atom is 0.150 e. The largest absolute Gasteiger partial charge is 0.389 e. The molecule has 0 unspecified atom stereocenters. The molecule has 1 aromatic rings. The molecule has 1 aliphatic heterocycles. The summed E-state index contributed by atoms with van der Waals surface area (Å²) in [5.41, 5.74) is 10.8. The summed E-state index contributed by atoms with van der Waals surface area (Å²) >= 11 is 5.06. The minimum Gasteiger partial charge on any atom is -0.389 e. The van der Waals surface area contributed by atoms with Crippen LogP contribution in [0, 0.1) is 6.92 Å². The highest BCUT2D eigenvalue weighted by atomic mass is 32.1. The second-order valence-corrected chi connectivity index (χ2v) is 4.37. The van der Waals surface area contributed by atoms with Crippen LogP contribution in [0.4, 0.5) is 5.82 Å². The van der Waals surface area contributed by atoms with Crippen molar-refractivity contribution in [3.8, 4) is 0 Å². The van der Waals surface area contributed by atoms with Gasteiger partial charge < -0.3 is 15.9 Å². The number of aryl methyl sites for hydroxylation is 1. The number of nitrogens with zero attached hydrogens (tertiary/aromatic N) is 2. The maximum absolute atomic E-state index is 5.73. The highest BCUT2D eigenvalue weighted by Gasteiger charge is 2.15. The monoisotopic (exact) mass is 252 g/mol. The Bertz CT molecular complexity index is 418. The number of hydrazine groups is 1. The Labute approximate surface area is 106 Å². The topological polar surface area (TPSA) is 63.4 Å². The van der Waals surface area contributed by atoms with E-state index in [1.54, 1.807) is 6.20 Å². The van der Waals surface area contributed by atoms with E-state index in [0.29, 0.717) is 4.99 Å². The van der Waals surface area contributed by atoms with Gasteiger partial charge in [-0.2, -0.15) is 0 Å². The lowest BCUT2D eigenvalue weighted by Crippen LogP contribution is -2.41. The number of aromatic nitrogens is 1. The van der Waals surface area contributed by atoms with Gasteiger partial charge in [0.2, 0.25) is 0 Å². The lowest BCUT2D eigenvalue weighted by Gasteiger charge is -2.28. The molecule has 5 nitrogen and oxygen atoms in total. The standard InChI is InChI=1S/C11H16N4OS/c1-8-2-3-13-11(9(8)10(12)17)14-15-4-6-16-7-5-15/h2-3H,4-7H2,1H3,(H2,12,17)(H,13,14). The predicted octanol–water partition coefficient (Wildman–Crippen LogP) is 0.683. The lowest BCUT2D eigenvalue weighted by molar-refractivity contribution is 0.0495. The van der Waals surface area contributed by atoms with Crippen LogP contribution in [-0.4, -0.2) is 41.3 Å². The summed E-state index contributed by atoms with van der Waals surface area (Å²) in [6.45, 7) is 5.07. The van der Waals surface area contributed by atoms with Gasteiger partial charge in [0.15, 0.2) is 5.82 Å². The SMILES string of the molecule is Cc1ccnc(NN2CCOCC2)c1C(N)=S. The number of ether oxygens (including phenoxy) is 1. The van der Waals surface area contributed by atoms with Gasteiger partial charge in [0, 0.05) is 19.3 Å². The Morgan fingerprint density at radius 1 is 1.53 bits per heavy atom. The number of pyridine rings is 1. The summed E-state index contributed by atoms with van der Waals surface area (Å²) in [7, 11) is 0. The Hall–Kier alpha value is -1.24. The van der Waals surface area contributed by atoms with E-state index in [0.717, 1.165) is 43.2 Å². The van der Waals surface area contributed by atoms with Gasteiger partial charge in [-0.1, -0.05) is 12.2 Å². The molecule has 17 heavy (non-hydrogen) atoms. The molecule has 2 rings (SSSR count). The zero-order chi connectivity index (χ0) is 12.3. The molecular weight excluding hydrogens is 236 g/mol. The first-order valence-corrected chi connectivity index (χ1v) is 5.94. The molecule has 1 aliphatic rings. The first-order valence-electron chi connectivity index (χ1n) is 5.53. The average molecular weight is 252 g/mol. The Morgan fingerprint density at radius 2 is 2.24 bits per heavy atom. The van der Waals surface area contributed by atoms with Crippen LogP contribution in [0.1, 0.15) is 11.1 Å². The van der Waals surface area contributed by atoms with Gasteiger partial charge in [-0.15, -0.1) is 0 Å². The summed E-state index contributed by atoms with van der Waals surface area (Å²) in [5.74, 6) is 0.722. The molecule has 0 saturated carbocycles. The highest BCUT2D eigenvalue weighted by Crippen LogP contribution is 2.17. The molecule has 6 heteroatoms. The molecule has 0 amide bonds. The molecule has 92 valence electrons. The quantitative estimate of drug-likeness (QED) is 0.772. The van der Waals surface area contributed by atoms with E-state index in [1.807, 2.05) is 13.0 Å². The van der Waals surface area contributed by atoms with Crippen LogP contribution in [0.2, 0.25) is 0 Å². The number of hydrogen-bond acceptors (Lipinski definition) is 5. The van der Waals surface area contributed by atoms with E-state index >= 15 is 0 Å². The van der Waals surface area contributed by atoms with E-state index in [-0.39, 0.29) is 0 Å². The molecule has 1 saturated heterocycles. The molecular formula is C11H16N4OS.